The predicted octanol–water partition coefficient (Wildman–Crippen LogP) is 3.17. The van der Waals surface area contributed by atoms with Gasteiger partial charge in [-0.05, 0) is 26.8 Å². The number of hydrogen-bond donors (Lipinski definition) is 2. The summed E-state index contributed by atoms with van der Waals surface area (Å²) in [5.41, 5.74) is 0.833. The van der Waals surface area contributed by atoms with Crippen molar-refractivity contribution in [3.8, 4) is 0 Å². The summed E-state index contributed by atoms with van der Waals surface area (Å²) < 4.78 is 5.43. The van der Waals surface area contributed by atoms with Gasteiger partial charge in [-0.15, -0.1) is 11.3 Å². The molecule has 2 heterocycles. The quantitative estimate of drug-likeness (QED) is 0.531. The summed E-state index contributed by atoms with van der Waals surface area (Å²) in [5.74, 6) is -1.13. The van der Waals surface area contributed by atoms with E-state index in [1.807, 2.05) is 0 Å². The molecule has 0 bridgehead atoms. The third-order valence-corrected chi connectivity index (χ3v) is 4.58. The Hall–Kier alpha value is -3.00. The van der Waals surface area contributed by atoms with E-state index in [0.717, 1.165) is 11.3 Å². The highest BCUT2D eigenvalue weighted by Gasteiger charge is 2.24. The number of aromatic nitrogens is 2. The number of nitrogens with one attached hydrogen (secondary N) is 2. The smallest absolute Gasteiger partial charge is 0.340 e. The molecule has 3 rings (SSSR count). The number of carbonyl (C=O) groups is 3. The molecule has 8 heteroatoms. The molecule has 0 spiro atoms. The van der Waals surface area contributed by atoms with Crippen LogP contribution in [0.4, 0.5) is 0 Å². The fourth-order valence-electron chi connectivity index (χ4n) is 2.57. The van der Waals surface area contributed by atoms with E-state index in [0.29, 0.717) is 22.0 Å². The molecule has 0 fully saturated rings. The summed E-state index contributed by atoms with van der Waals surface area (Å²) in [6.07, 6.45) is 1.54. The molecule has 0 unspecified atom stereocenters. The average Bonchev–Trinajstić information content (AvgIpc) is 3.25. The van der Waals surface area contributed by atoms with E-state index in [2.05, 4.69) is 15.3 Å². The van der Waals surface area contributed by atoms with Crippen molar-refractivity contribution in [3.05, 3.63) is 51.6 Å². The molecule has 3 aromatic rings. The Morgan fingerprint density at radius 3 is 2.59 bits per heavy atom. The van der Waals surface area contributed by atoms with Crippen LogP contribution in [0.25, 0.3) is 10.9 Å². The number of hydrogen-bond acceptors (Lipinski definition) is 6. The Labute approximate surface area is 159 Å². The van der Waals surface area contributed by atoms with Crippen molar-refractivity contribution in [2.45, 2.75) is 26.4 Å². The lowest BCUT2D eigenvalue weighted by Crippen LogP contribution is -2.24. The Morgan fingerprint density at radius 1 is 1.19 bits per heavy atom. The third-order valence-electron chi connectivity index (χ3n) is 3.74. The number of benzene rings is 1. The second kappa shape index (κ2) is 6.96. The number of esters is 1. The standard InChI is InChI=1S/C19H19N3O4S/c1-19(2,3)26-18(25)11-7-5-6-10-12(8-21-14(10)11)15(23)17-22-13(9-27-17)16(24)20-4/h5-9,21H,1-4H3,(H,20,24). The summed E-state index contributed by atoms with van der Waals surface area (Å²) in [4.78, 5) is 44.0. The second-order valence-electron chi connectivity index (χ2n) is 6.88. The number of H-pyrrole nitrogens is 1. The van der Waals surface area contributed by atoms with E-state index in [1.165, 1.54) is 12.4 Å². The minimum atomic E-state index is -0.623. The number of ketones is 1. The van der Waals surface area contributed by atoms with Crippen LogP contribution in [-0.2, 0) is 4.74 Å². The zero-order valence-corrected chi connectivity index (χ0v) is 16.2. The summed E-state index contributed by atoms with van der Waals surface area (Å²) in [6.45, 7) is 5.38. The third kappa shape index (κ3) is 3.75. The largest absolute Gasteiger partial charge is 0.456 e. The van der Waals surface area contributed by atoms with Gasteiger partial charge >= 0.3 is 5.97 Å². The molecule has 2 aromatic heterocycles. The van der Waals surface area contributed by atoms with Crippen LogP contribution < -0.4 is 5.32 Å². The summed E-state index contributed by atoms with van der Waals surface area (Å²) in [6, 6.07) is 5.10. The fourth-order valence-corrected chi connectivity index (χ4v) is 3.32. The molecule has 1 amide bonds. The van der Waals surface area contributed by atoms with E-state index in [9.17, 15) is 14.4 Å². The summed E-state index contributed by atoms with van der Waals surface area (Å²) in [5, 5.41) is 4.81. The van der Waals surface area contributed by atoms with Gasteiger partial charge in [-0.25, -0.2) is 9.78 Å². The minimum Gasteiger partial charge on any atom is -0.456 e. The van der Waals surface area contributed by atoms with Gasteiger partial charge in [0.2, 0.25) is 5.78 Å². The number of rotatable bonds is 4. The summed E-state index contributed by atoms with van der Waals surface area (Å²) in [7, 11) is 1.50. The number of aromatic amines is 1. The van der Waals surface area contributed by atoms with Crippen molar-refractivity contribution in [3.63, 3.8) is 0 Å². The molecule has 140 valence electrons. The average molecular weight is 385 g/mol. The zero-order valence-electron chi connectivity index (χ0n) is 15.4. The minimum absolute atomic E-state index is 0.195. The van der Waals surface area contributed by atoms with Crippen LogP contribution in [0.2, 0.25) is 0 Å². The van der Waals surface area contributed by atoms with Gasteiger partial charge in [-0.2, -0.15) is 0 Å². The number of carbonyl (C=O) groups excluding carboxylic acids is 3. The first-order valence-corrected chi connectivity index (χ1v) is 9.15. The van der Waals surface area contributed by atoms with Gasteiger partial charge < -0.3 is 15.0 Å². The maximum absolute atomic E-state index is 12.8. The zero-order chi connectivity index (χ0) is 19.8. The molecule has 0 saturated heterocycles. The van der Waals surface area contributed by atoms with Gasteiger partial charge in [0, 0.05) is 24.0 Å². The van der Waals surface area contributed by atoms with Crippen LogP contribution in [0, 0.1) is 0 Å². The topological polar surface area (TPSA) is 101 Å². The molecular formula is C19H19N3O4S. The lowest BCUT2D eigenvalue weighted by atomic mass is 10.1. The van der Waals surface area contributed by atoms with E-state index in [4.69, 9.17) is 4.74 Å². The van der Waals surface area contributed by atoms with Crippen molar-refractivity contribution in [2.24, 2.45) is 0 Å². The van der Waals surface area contributed by atoms with Crippen molar-refractivity contribution >= 4 is 39.9 Å². The fraction of sp³-hybridized carbons (Fsp3) is 0.263. The van der Waals surface area contributed by atoms with Gasteiger partial charge in [0.1, 0.15) is 11.3 Å². The van der Waals surface area contributed by atoms with Crippen LogP contribution in [0.3, 0.4) is 0 Å². The number of ether oxygens (including phenoxy) is 1. The van der Waals surface area contributed by atoms with Crippen LogP contribution in [0.15, 0.2) is 29.8 Å². The molecule has 7 nitrogen and oxygen atoms in total. The monoisotopic (exact) mass is 385 g/mol. The molecule has 0 atom stereocenters. The van der Waals surface area contributed by atoms with Crippen molar-refractivity contribution < 1.29 is 19.1 Å². The van der Waals surface area contributed by atoms with Gasteiger partial charge in [0.25, 0.3) is 5.91 Å². The van der Waals surface area contributed by atoms with Crippen LogP contribution in [0.5, 0.6) is 0 Å². The lowest BCUT2D eigenvalue weighted by molar-refractivity contribution is 0.00714. The van der Waals surface area contributed by atoms with Crippen LogP contribution in [-0.4, -0.2) is 40.3 Å². The SMILES string of the molecule is CNC(=O)c1csc(C(=O)c2c[nH]c3c(C(=O)OC(C)(C)C)cccc23)n1. The first-order valence-electron chi connectivity index (χ1n) is 8.27. The van der Waals surface area contributed by atoms with Gasteiger partial charge in [-0.1, -0.05) is 12.1 Å². The second-order valence-corrected chi connectivity index (χ2v) is 7.74. The number of fused-ring (bicyclic) bond motifs is 1. The van der Waals surface area contributed by atoms with Gasteiger partial charge in [0.15, 0.2) is 5.01 Å². The lowest BCUT2D eigenvalue weighted by Gasteiger charge is -2.19. The number of nitrogens with zero attached hydrogens (tertiary/aromatic N) is 1. The molecule has 0 aliphatic carbocycles. The normalized spacial score (nSPS) is 11.4. The number of thiazole rings is 1. The molecule has 0 aliphatic rings. The van der Waals surface area contributed by atoms with Crippen molar-refractivity contribution in [2.75, 3.05) is 7.05 Å². The Balaban J connectivity index is 1.98. The molecule has 0 saturated carbocycles. The van der Waals surface area contributed by atoms with Gasteiger partial charge in [-0.3, -0.25) is 9.59 Å². The maximum Gasteiger partial charge on any atom is 0.340 e. The van der Waals surface area contributed by atoms with E-state index >= 15 is 0 Å². The van der Waals surface area contributed by atoms with Crippen molar-refractivity contribution in [1.82, 2.24) is 15.3 Å². The molecular weight excluding hydrogens is 366 g/mol. The highest BCUT2D eigenvalue weighted by molar-refractivity contribution is 7.12. The molecule has 0 radical (unpaired) electrons. The summed E-state index contributed by atoms with van der Waals surface area (Å²) >= 11 is 1.10. The first-order chi connectivity index (χ1) is 12.7. The van der Waals surface area contributed by atoms with Gasteiger partial charge in [0.05, 0.1) is 16.6 Å². The first kappa shape index (κ1) is 18.8. The van der Waals surface area contributed by atoms with Crippen LogP contribution in [0.1, 0.15) is 57.0 Å². The number of para-hydroxylation sites is 1. The van der Waals surface area contributed by atoms with E-state index < -0.39 is 11.6 Å². The molecule has 27 heavy (non-hydrogen) atoms. The highest BCUT2D eigenvalue weighted by atomic mass is 32.1. The number of amides is 1. The molecule has 1 aromatic carbocycles. The maximum atomic E-state index is 12.8. The van der Waals surface area contributed by atoms with Crippen LogP contribution >= 0.6 is 11.3 Å². The van der Waals surface area contributed by atoms with Crippen molar-refractivity contribution in [1.29, 1.82) is 0 Å². The van der Waals surface area contributed by atoms with E-state index in [-0.39, 0.29) is 22.4 Å². The molecule has 2 N–H and O–H groups in total. The Morgan fingerprint density at radius 2 is 1.93 bits per heavy atom. The molecule has 0 aliphatic heterocycles. The predicted molar refractivity (Wildman–Crippen MR) is 102 cm³/mol. The Kier molecular flexibility index (Phi) is 4.84. The Bertz CT molecular complexity index is 1040. The highest BCUT2D eigenvalue weighted by Crippen LogP contribution is 2.26. The van der Waals surface area contributed by atoms with E-state index in [1.54, 1.807) is 45.2 Å².